The Bertz CT molecular complexity index is 1240. The Kier molecular flexibility index (Phi) is 6.54. The van der Waals surface area contributed by atoms with Crippen molar-refractivity contribution in [2.24, 2.45) is 46.3 Å². The third-order valence-corrected chi connectivity index (χ3v) is 13.4. The van der Waals surface area contributed by atoms with Gasteiger partial charge >= 0.3 is 5.97 Å². The second-order valence-corrected chi connectivity index (χ2v) is 15.3. The zero-order valence-corrected chi connectivity index (χ0v) is 25.7. The first-order chi connectivity index (χ1) is 19.6. The Morgan fingerprint density at radius 2 is 1.78 bits per heavy atom. The van der Waals surface area contributed by atoms with Gasteiger partial charge in [0.15, 0.2) is 0 Å². The van der Waals surface area contributed by atoms with Crippen LogP contribution in [0.2, 0.25) is 0 Å². The number of hydrogen-bond donors (Lipinski definition) is 0. The van der Waals surface area contributed by atoms with Crippen molar-refractivity contribution < 1.29 is 19.1 Å². The Labute approximate surface area is 246 Å². The molecule has 0 bridgehead atoms. The predicted molar refractivity (Wildman–Crippen MR) is 159 cm³/mol. The molecule has 2 aliphatic heterocycles. The van der Waals surface area contributed by atoms with E-state index in [1.165, 1.54) is 18.4 Å². The molecule has 5 nitrogen and oxygen atoms in total. The molecule has 3 saturated carbocycles. The molecule has 1 spiro atoms. The fourth-order valence-corrected chi connectivity index (χ4v) is 11.4. The van der Waals surface area contributed by atoms with E-state index in [9.17, 15) is 9.59 Å². The molecule has 1 aromatic rings. The molecule has 222 valence electrons. The molecule has 6 aliphatic rings. The summed E-state index contributed by atoms with van der Waals surface area (Å²) in [5.41, 5.74) is 2.25. The van der Waals surface area contributed by atoms with Crippen molar-refractivity contribution in [1.29, 1.82) is 0 Å². The van der Waals surface area contributed by atoms with Crippen LogP contribution in [0.5, 0.6) is 0 Å². The number of likely N-dealkylation sites (tertiary alicyclic amines) is 1. The Hall–Kier alpha value is -2.14. The van der Waals surface area contributed by atoms with Gasteiger partial charge in [0.2, 0.25) is 5.91 Å². The summed E-state index contributed by atoms with van der Waals surface area (Å²) in [6.45, 7) is 12.4. The van der Waals surface area contributed by atoms with Gasteiger partial charge in [-0.2, -0.15) is 0 Å². The van der Waals surface area contributed by atoms with Gasteiger partial charge in [0, 0.05) is 25.8 Å². The first-order valence-corrected chi connectivity index (χ1v) is 16.5. The highest BCUT2D eigenvalue weighted by molar-refractivity contribution is 5.89. The Morgan fingerprint density at radius 1 is 1.00 bits per heavy atom. The fourth-order valence-electron chi connectivity index (χ4n) is 11.4. The number of carbonyl (C=O) groups is 2. The summed E-state index contributed by atoms with van der Waals surface area (Å²) >= 11 is 0. The molecular formula is C36H49NO4. The standard InChI is InChI=1S/C36H49NO4/c1-22-13-18-36(37(21-22)24(3)38)23(2)32-31(41-36)20-30-28-12-11-26-19-27(40-33(39)25-9-7-6-8-10-25)14-16-34(26,4)29(28)15-17-35(30,32)5/h6-11,22-23,27-32H,12-21H2,1-5H3/t22-,23+,27-,28+,29-,30-,31-,32-,34-,35-,36-/m0/s1. The predicted octanol–water partition coefficient (Wildman–Crippen LogP) is 7.41. The number of carbonyl (C=O) groups excluding carboxylic acids is 2. The molecule has 5 fully saturated rings. The molecule has 5 heteroatoms. The van der Waals surface area contributed by atoms with E-state index < -0.39 is 5.72 Å². The second-order valence-electron chi connectivity index (χ2n) is 15.3. The third-order valence-electron chi connectivity index (χ3n) is 13.4. The number of hydrogen-bond acceptors (Lipinski definition) is 4. The van der Waals surface area contributed by atoms with E-state index >= 15 is 0 Å². The molecule has 0 N–H and O–H groups in total. The summed E-state index contributed by atoms with van der Waals surface area (Å²) in [7, 11) is 0. The second kappa shape index (κ2) is 9.69. The van der Waals surface area contributed by atoms with Crippen LogP contribution in [0, 0.1) is 46.3 Å². The van der Waals surface area contributed by atoms with Crippen molar-refractivity contribution in [1.82, 2.24) is 4.90 Å². The van der Waals surface area contributed by atoms with E-state index in [0.717, 1.165) is 51.5 Å². The van der Waals surface area contributed by atoms with E-state index in [4.69, 9.17) is 9.47 Å². The van der Waals surface area contributed by atoms with Crippen LogP contribution in [-0.2, 0) is 14.3 Å². The maximum atomic E-state index is 12.9. The van der Waals surface area contributed by atoms with Crippen molar-refractivity contribution in [2.75, 3.05) is 6.54 Å². The summed E-state index contributed by atoms with van der Waals surface area (Å²) in [4.78, 5) is 27.7. The van der Waals surface area contributed by atoms with Crippen molar-refractivity contribution >= 4 is 11.9 Å². The molecule has 11 atom stereocenters. The van der Waals surface area contributed by atoms with E-state index in [-0.39, 0.29) is 34.9 Å². The number of esters is 1. The number of nitrogens with zero attached hydrogens (tertiary/aromatic N) is 1. The maximum absolute atomic E-state index is 12.9. The van der Waals surface area contributed by atoms with Gasteiger partial charge < -0.3 is 14.4 Å². The zero-order chi connectivity index (χ0) is 28.7. The van der Waals surface area contributed by atoms with Gasteiger partial charge in [-0.1, -0.05) is 57.5 Å². The summed E-state index contributed by atoms with van der Waals surface area (Å²) in [6, 6.07) is 9.41. The largest absolute Gasteiger partial charge is 0.458 e. The van der Waals surface area contributed by atoms with Gasteiger partial charge in [-0.15, -0.1) is 0 Å². The molecule has 4 aliphatic carbocycles. The molecular weight excluding hydrogens is 510 g/mol. The monoisotopic (exact) mass is 559 g/mol. The highest BCUT2D eigenvalue weighted by Crippen LogP contribution is 2.70. The third kappa shape index (κ3) is 4.03. The van der Waals surface area contributed by atoms with Gasteiger partial charge in [0.05, 0.1) is 11.7 Å². The minimum absolute atomic E-state index is 0.0221. The summed E-state index contributed by atoms with van der Waals surface area (Å²) in [6.07, 6.45) is 12.7. The van der Waals surface area contributed by atoms with Crippen LogP contribution in [0.4, 0.5) is 0 Å². The molecule has 2 heterocycles. The minimum Gasteiger partial charge on any atom is -0.458 e. The quantitative estimate of drug-likeness (QED) is 0.280. The SMILES string of the molecule is CC(=O)N1C[C@@H](C)CC[C@@]12O[C@H]1C[C@H]3[C@@H]4CC=C5C[C@@H](OC(=O)c6ccccc6)CC[C@]5(C)[C@H]4CC[C@]3(C)[C@H]1[C@H]2C. The summed E-state index contributed by atoms with van der Waals surface area (Å²) in [5, 5.41) is 0. The smallest absolute Gasteiger partial charge is 0.338 e. The lowest BCUT2D eigenvalue weighted by atomic mass is 9.46. The van der Waals surface area contributed by atoms with Crippen LogP contribution in [0.3, 0.4) is 0 Å². The van der Waals surface area contributed by atoms with Gasteiger partial charge in [-0.3, -0.25) is 4.79 Å². The average molecular weight is 560 g/mol. The number of benzene rings is 1. The van der Waals surface area contributed by atoms with Crippen LogP contribution in [0.1, 0.15) is 103 Å². The number of amides is 1. The minimum atomic E-state index is -0.403. The van der Waals surface area contributed by atoms with Crippen molar-refractivity contribution in [2.45, 2.75) is 110 Å². The topological polar surface area (TPSA) is 55.8 Å². The summed E-state index contributed by atoms with van der Waals surface area (Å²) in [5.74, 6) is 3.48. The normalized spacial score (nSPS) is 46.7. The van der Waals surface area contributed by atoms with Crippen LogP contribution >= 0.6 is 0 Å². The molecule has 0 aromatic heterocycles. The first kappa shape index (κ1) is 27.7. The van der Waals surface area contributed by atoms with Crippen LogP contribution in [0.15, 0.2) is 42.0 Å². The molecule has 0 radical (unpaired) electrons. The number of ether oxygens (including phenoxy) is 2. The van der Waals surface area contributed by atoms with Gasteiger partial charge in [0.1, 0.15) is 11.8 Å². The van der Waals surface area contributed by atoms with Gasteiger partial charge in [0.25, 0.3) is 0 Å². The number of allylic oxidation sites excluding steroid dienone is 1. The van der Waals surface area contributed by atoms with E-state index in [2.05, 4.69) is 38.7 Å². The number of piperidine rings is 1. The van der Waals surface area contributed by atoms with E-state index in [1.807, 2.05) is 30.3 Å². The van der Waals surface area contributed by atoms with Crippen LogP contribution in [0.25, 0.3) is 0 Å². The average Bonchev–Trinajstić information content (AvgIpc) is 3.40. The van der Waals surface area contributed by atoms with E-state index in [1.54, 1.807) is 6.92 Å². The first-order valence-electron chi connectivity index (χ1n) is 16.5. The lowest BCUT2D eigenvalue weighted by Crippen LogP contribution is -2.60. The van der Waals surface area contributed by atoms with Crippen molar-refractivity contribution in [3.63, 3.8) is 0 Å². The molecule has 1 amide bonds. The summed E-state index contributed by atoms with van der Waals surface area (Å²) < 4.78 is 13.2. The zero-order valence-electron chi connectivity index (χ0n) is 25.7. The van der Waals surface area contributed by atoms with Gasteiger partial charge in [-0.25, -0.2) is 4.79 Å². The van der Waals surface area contributed by atoms with Crippen LogP contribution < -0.4 is 0 Å². The molecule has 7 rings (SSSR count). The maximum Gasteiger partial charge on any atom is 0.338 e. The number of rotatable bonds is 2. The van der Waals surface area contributed by atoms with Gasteiger partial charge in [-0.05, 0) is 104 Å². The molecule has 41 heavy (non-hydrogen) atoms. The molecule has 0 unspecified atom stereocenters. The van der Waals surface area contributed by atoms with Crippen molar-refractivity contribution in [3.05, 3.63) is 47.5 Å². The van der Waals surface area contributed by atoms with Crippen LogP contribution in [-0.4, -0.2) is 41.3 Å². The van der Waals surface area contributed by atoms with Crippen molar-refractivity contribution in [3.8, 4) is 0 Å². The highest BCUT2D eigenvalue weighted by atomic mass is 16.5. The van der Waals surface area contributed by atoms with E-state index in [0.29, 0.717) is 41.1 Å². The Balaban J connectivity index is 1.09. The highest BCUT2D eigenvalue weighted by Gasteiger charge is 2.69. The molecule has 2 saturated heterocycles. The lowest BCUT2D eigenvalue weighted by Gasteiger charge is -2.59. The Morgan fingerprint density at radius 3 is 2.54 bits per heavy atom. The number of fused-ring (bicyclic) bond motifs is 7. The fraction of sp³-hybridized carbons (Fsp3) is 0.722. The molecule has 1 aromatic carbocycles. The lowest BCUT2D eigenvalue weighted by molar-refractivity contribution is -0.200.